The topological polar surface area (TPSA) is 104 Å². The molecule has 1 aromatic carbocycles. The zero-order valence-corrected chi connectivity index (χ0v) is 12.7. The van der Waals surface area contributed by atoms with Crippen LogP contribution in [0.5, 0.6) is 0 Å². The molecule has 3 N–H and O–H groups in total. The Morgan fingerprint density at radius 2 is 2.05 bits per heavy atom. The second-order valence-electron chi connectivity index (χ2n) is 5.31. The van der Waals surface area contributed by atoms with Gasteiger partial charge in [-0.1, -0.05) is 13.0 Å². The molecule has 1 rings (SSSR count). The van der Waals surface area contributed by atoms with Crippen LogP contribution < -0.4 is 10.6 Å². The molecule has 0 fully saturated rings. The fraction of sp³-hybridized carbons (Fsp3) is 0.500. The maximum absolute atomic E-state index is 12.0. The summed E-state index contributed by atoms with van der Waals surface area (Å²) in [6.45, 7) is 6.73. The van der Waals surface area contributed by atoms with E-state index in [9.17, 15) is 20.0 Å². The van der Waals surface area contributed by atoms with Crippen LogP contribution in [0, 0.1) is 24.0 Å². The fourth-order valence-electron chi connectivity index (χ4n) is 1.88. The van der Waals surface area contributed by atoms with Gasteiger partial charge in [0.1, 0.15) is 0 Å². The average Bonchev–Trinajstić information content (AvgIpc) is 2.42. The third-order valence-electron chi connectivity index (χ3n) is 3.62. The van der Waals surface area contributed by atoms with Crippen LogP contribution in [0.1, 0.15) is 31.4 Å². The van der Waals surface area contributed by atoms with Gasteiger partial charge in [-0.2, -0.15) is 0 Å². The first kappa shape index (κ1) is 16.9. The summed E-state index contributed by atoms with van der Waals surface area (Å²) >= 11 is 0. The molecule has 0 bridgehead atoms. The summed E-state index contributed by atoms with van der Waals surface area (Å²) in [5.41, 5.74) is 0.772. The Bertz CT molecular complexity index is 553. The second kappa shape index (κ2) is 6.53. The molecule has 0 aliphatic rings. The lowest BCUT2D eigenvalue weighted by Crippen LogP contribution is -2.50. The number of urea groups is 1. The summed E-state index contributed by atoms with van der Waals surface area (Å²) in [7, 11) is 0. The van der Waals surface area contributed by atoms with E-state index in [0.29, 0.717) is 17.7 Å². The largest absolute Gasteiger partial charge is 0.394 e. The zero-order valence-electron chi connectivity index (χ0n) is 12.7. The van der Waals surface area contributed by atoms with Crippen LogP contribution in [-0.2, 0) is 0 Å². The van der Waals surface area contributed by atoms with E-state index in [2.05, 4.69) is 10.6 Å². The summed E-state index contributed by atoms with van der Waals surface area (Å²) in [5.74, 6) is 0. The van der Waals surface area contributed by atoms with Crippen LogP contribution in [-0.4, -0.2) is 28.2 Å². The number of aryl methyl sites for hydroxylation is 1. The number of nitro benzene ring substituents is 1. The lowest BCUT2D eigenvalue weighted by atomic mass is 10.0. The van der Waals surface area contributed by atoms with Crippen molar-refractivity contribution in [1.29, 1.82) is 0 Å². The Labute approximate surface area is 123 Å². The number of hydrogen-bond donors (Lipinski definition) is 3. The minimum absolute atomic E-state index is 0.0451. The van der Waals surface area contributed by atoms with Gasteiger partial charge in [0.05, 0.1) is 28.3 Å². The van der Waals surface area contributed by atoms with Gasteiger partial charge in [0.15, 0.2) is 0 Å². The Kier molecular flexibility index (Phi) is 5.26. The van der Waals surface area contributed by atoms with E-state index in [1.54, 1.807) is 26.8 Å². The minimum atomic E-state index is -0.730. The number of aliphatic hydroxyl groups is 1. The number of benzene rings is 1. The molecule has 1 unspecified atom stereocenters. The molecule has 0 aliphatic heterocycles. The number of aliphatic hydroxyl groups excluding tert-OH is 1. The van der Waals surface area contributed by atoms with Gasteiger partial charge < -0.3 is 15.7 Å². The first-order chi connectivity index (χ1) is 9.74. The van der Waals surface area contributed by atoms with Gasteiger partial charge in [-0.3, -0.25) is 10.1 Å². The molecule has 0 saturated carbocycles. The van der Waals surface area contributed by atoms with Crippen molar-refractivity contribution in [3.05, 3.63) is 33.4 Å². The molecule has 0 radical (unpaired) electrons. The molecule has 21 heavy (non-hydrogen) atoms. The zero-order chi connectivity index (χ0) is 16.2. The van der Waals surface area contributed by atoms with Crippen molar-refractivity contribution in [3.63, 3.8) is 0 Å². The van der Waals surface area contributed by atoms with Crippen LogP contribution in [0.25, 0.3) is 0 Å². The molecule has 7 heteroatoms. The number of nitrogens with one attached hydrogen (secondary N) is 2. The van der Waals surface area contributed by atoms with Crippen molar-refractivity contribution in [3.8, 4) is 0 Å². The maximum Gasteiger partial charge on any atom is 0.319 e. The van der Waals surface area contributed by atoms with Crippen molar-refractivity contribution in [1.82, 2.24) is 5.32 Å². The van der Waals surface area contributed by atoms with Gasteiger partial charge in [-0.15, -0.1) is 0 Å². The van der Waals surface area contributed by atoms with E-state index >= 15 is 0 Å². The average molecular weight is 295 g/mol. The smallest absolute Gasteiger partial charge is 0.319 e. The number of amides is 2. The molecule has 1 aromatic rings. The van der Waals surface area contributed by atoms with Crippen LogP contribution in [0.4, 0.5) is 16.2 Å². The fourth-order valence-corrected chi connectivity index (χ4v) is 1.88. The van der Waals surface area contributed by atoms with Crippen molar-refractivity contribution in [2.75, 3.05) is 11.9 Å². The summed E-state index contributed by atoms with van der Waals surface area (Å²) in [6.07, 6.45) is 0.559. The van der Waals surface area contributed by atoms with Gasteiger partial charge >= 0.3 is 6.03 Å². The van der Waals surface area contributed by atoms with Crippen LogP contribution in [0.3, 0.4) is 0 Å². The van der Waals surface area contributed by atoms with Crippen LogP contribution in [0.15, 0.2) is 12.1 Å². The summed E-state index contributed by atoms with van der Waals surface area (Å²) < 4.78 is 0. The second-order valence-corrected chi connectivity index (χ2v) is 5.31. The molecule has 1 atom stereocenters. The minimum Gasteiger partial charge on any atom is -0.394 e. The number of carbonyl (C=O) groups is 1. The first-order valence-electron chi connectivity index (χ1n) is 6.68. The van der Waals surface area contributed by atoms with Crippen molar-refractivity contribution in [2.45, 2.75) is 39.7 Å². The number of carbonyl (C=O) groups excluding carboxylic acids is 1. The van der Waals surface area contributed by atoms with Gasteiger partial charge in [0.2, 0.25) is 0 Å². The highest BCUT2D eigenvalue weighted by molar-refractivity contribution is 5.92. The van der Waals surface area contributed by atoms with Crippen LogP contribution in [0.2, 0.25) is 0 Å². The third kappa shape index (κ3) is 3.91. The van der Waals surface area contributed by atoms with Crippen molar-refractivity contribution >= 4 is 17.4 Å². The van der Waals surface area contributed by atoms with E-state index in [4.69, 9.17) is 0 Å². The molecule has 0 heterocycles. The first-order valence-corrected chi connectivity index (χ1v) is 6.68. The van der Waals surface area contributed by atoms with Gasteiger partial charge in [0, 0.05) is 6.07 Å². The number of nitro groups is 1. The number of hydrogen-bond acceptors (Lipinski definition) is 4. The highest BCUT2D eigenvalue weighted by Crippen LogP contribution is 2.28. The number of rotatable bonds is 5. The van der Waals surface area contributed by atoms with Gasteiger partial charge in [-0.05, 0) is 32.8 Å². The molecule has 7 nitrogen and oxygen atoms in total. The SMILES string of the molecule is CCC(C)(CO)NC(=O)Nc1c(C)ccc([N+](=O)[O-])c1C. The maximum atomic E-state index is 12.0. The Balaban J connectivity index is 3.00. The molecule has 0 aromatic heterocycles. The Morgan fingerprint density at radius 1 is 1.43 bits per heavy atom. The standard InChI is InChI=1S/C14H21N3O4/c1-5-14(4,8-18)16-13(19)15-12-9(2)6-7-11(10(12)3)17(20)21/h6-7,18H,5,8H2,1-4H3,(H2,15,16,19). The number of anilines is 1. The Morgan fingerprint density at radius 3 is 2.52 bits per heavy atom. The summed E-state index contributed by atoms with van der Waals surface area (Å²) in [5, 5.41) is 25.5. The van der Waals surface area contributed by atoms with E-state index in [0.717, 1.165) is 5.56 Å². The van der Waals surface area contributed by atoms with Crippen LogP contribution >= 0.6 is 0 Å². The molecule has 0 aliphatic carbocycles. The quantitative estimate of drug-likeness (QED) is 0.573. The molecule has 2 amide bonds. The molecule has 0 saturated heterocycles. The lowest BCUT2D eigenvalue weighted by molar-refractivity contribution is -0.385. The van der Waals surface area contributed by atoms with E-state index in [-0.39, 0.29) is 12.3 Å². The number of nitrogens with zero attached hydrogens (tertiary/aromatic N) is 1. The lowest BCUT2D eigenvalue weighted by Gasteiger charge is -2.27. The monoisotopic (exact) mass is 295 g/mol. The summed E-state index contributed by atoms with van der Waals surface area (Å²) in [4.78, 5) is 22.5. The molecule has 116 valence electrons. The van der Waals surface area contributed by atoms with Gasteiger partial charge in [0.25, 0.3) is 5.69 Å². The predicted molar refractivity (Wildman–Crippen MR) is 80.5 cm³/mol. The normalized spacial score (nSPS) is 13.4. The van der Waals surface area contributed by atoms with E-state index in [1.807, 2.05) is 6.92 Å². The molecular weight excluding hydrogens is 274 g/mol. The van der Waals surface area contributed by atoms with Crippen molar-refractivity contribution < 1.29 is 14.8 Å². The van der Waals surface area contributed by atoms with Crippen molar-refractivity contribution in [2.24, 2.45) is 0 Å². The molecular formula is C14H21N3O4. The van der Waals surface area contributed by atoms with E-state index < -0.39 is 16.5 Å². The predicted octanol–water partition coefficient (Wildman–Crippen LogP) is 2.49. The molecule has 0 spiro atoms. The highest BCUT2D eigenvalue weighted by Gasteiger charge is 2.24. The van der Waals surface area contributed by atoms with E-state index in [1.165, 1.54) is 6.07 Å². The summed E-state index contributed by atoms with van der Waals surface area (Å²) in [6, 6.07) is 2.50. The highest BCUT2D eigenvalue weighted by atomic mass is 16.6. The third-order valence-corrected chi connectivity index (χ3v) is 3.62. The van der Waals surface area contributed by atoms with Gasteiger partial charge in [-0.25, -0.2) is 4.79 Å². The Hall–Kier alpha value is -2.15.